The van der Waals surface area contributed by atoms with E-state index in [9.17, 15) is 0 Å². The number of hydrogen-bond acceptors (Lipinski definition) is 1. The molecular weight excluding hydrogens is 254 g/mol. The molecule has 1 nitrogen and oxygen atoms in total. The molecule has 3 atom stereocenters. The van der Waals surface area contributed by atoms with Crippen LogP contribution in [0.2, 0.25) is 5.02 Å². The molecule has 0 bridgehead atoms. The highest BCUT2D eigenvalue weighted by molar-refractivity contribution is 6.30. The molecule has 3 unspecified atom stereocenters. The highest BCUT2D eigenvalue weighted by Crippen LogP contribution is 2.26. The summed E-state index contributed by atoms with van der Waals surface area (Å²) >= 11 is 6.11. The zero-order chi connectivity index (χ0) is 13.7. The summed E-state index contributed by atoms with van der Waals surface area (Å²) in [6, 6.07) is 9.41. The third-order valence-corrected chi connectivity index (χ3v) is 4.59. The molecule has 2 heteroatoms. The van der Waals surface area contributed by atoms with Crippen molar-refractivity contribution >= 4 is 11.6 Å². The minimum atomic E-state index is 0.442. The second kappa shape index (κ2) is 7.31. The topological polar surface area (TPSA) is 12.0 Å². The van der Waals surface area contributed by atoms with Crippen LogP contribution in [-0.4, -0.2) is 6.04 Å². The highest BCUT2D eigenvalue weighted by Gasteiger charge is 2.19. The van der Waals surface area contributed by atoms with Crippen LogP contribution in [0.25, 0.3) is 0 Å². The Hall–Kier alpha value is -0.530. The van der Waals surface area contributed by atoms with Crippen molar-refractivity contribution in [3.8, 4) is 0 Å². The number of hydrogen-bond donors (Lipinski definition) is 1. The van der Waals surface area contributed by atoms with Gasteiger partial charge in [0.2, 0.25) is 0 Å². The van der Waals surface area contributed by atoms with E-state index >= 15 is 0 Å². The Labute approximate surface area is 122 Å². The van der Waals surface area contributed by atoms with E-state index in [2.05, 4.69) is 37.4 Å². The molecule has 1 saturated carbocycles. The number of rotatable bonds is 4. The maximum absolute atomic E-state index is 6.11. The Morgan fingerprint density at radius 1 is 1.26 bits per heavy atom. The van der Waals surface area contributed by atoms with Crippen LogP contribution in [0, 0.1) is 5.92 Å². The molecule has 1 aromatic carbocycles. The average molecular weight is 280 g/mol. The van der Waals surface area contributed by atoms with Crippen LogP contribution in [0.1, 0.15) is 64.0 Å². The van der Waals surface area contributed by atoms with Crippen LogP contribution in [0.5, 0.6) is 0 Å². The van der Waals surface area contributed by atoms with Crippen molar-refractivity contribution in [1.82, 2.24) is 5.32 Å². The Balaban J connectivity index is 1.98. The SMILES string of the molecule is CCC(NC1CCCC(C)CC1)c1cccc(Cl)c1. The molecular formula is C17H26ClN. The first-order valence-corrected chi connectivity index (χ1v) is 8.08. The van der Waals surface area contributed by atoms with Gasteiger partial charge in [-0.15, -0.1) is 0 Å². The summed E-state index contributed by atoms with van der Waals surface area (Å²) in [7, 11) is 0. The lowest BCUT2D eigenvalue weighted by Crippen LogP contribution is -2.32. The van der Waals surface area contributed by atoms with Gasteiger partial charge in [0.05, 0.1) is 0 Å². The number of halogens is 1. The number of nitrogens with one attached hydrogen (secondary N) is 1. The van der Waals surface area contributed by atoms with E-state index in [1.54, 1.807) is 0 Å². The molecule has 0 radical (unpaired) electrons. The molecule has 0 aromatic heterocycles. The molecule has 1 N–H and O–H groups in total. The van der Waals surface area contributed by atoms with E-state index < -0.39 is 0 Å². The summed E-state index contributed by atoms with van der Waals surface area (Å²) in [5, 5.41) is 4.69. The van der Waals surface area contributed by atoms with Gasteiger partial charge in [0, 0.05) is 17.1 Å². The zero-order valence-corrected chi connectivity index (χ0v) is 12.9. The van der Waals surface area contributed by atoms with E-state index in [1.807, 2.05) is 6.07 Å². The van der Waals surface area contributed by atoms with Crippen molar-refractivity contribution in [1.29, 1.82) is 0 Å². The molecule has 19 heavy (non-hydrogen) atoms. The van der Waals surface area contributed by atoms with Gasteiger partial charge < -0.3 is 5.32 Å². The Morgan fingerprint density at radius 2 is 2.11 bits per heavy atom. The predicted molar refractivity (Wildman–Crippen MR) is 83.7 cm³/mol. The molecule has 1 aliphatic rings. The van der Waals surface area contributed by atoms with Gasteiger partial charge in [-0.05, 0) is 49.3 Å². The van der Waals surface area contributed by atoms with Crippen LogP contribution >= 0.6 is 11.6 Å². The van der Waals surface area contributed by atoms with Crippen molar-refractivity contribution in [2.45, 2.75) is 64.5 Å². The van der Waals surface area contributed by atoms with Gasteiger partial charge in [0.25, 0.3) is 0 Å². The average Bonchev–Trinajstić information content (AvgIpc) is 2.61. The van der Waals surface area contributed by atoms with E-state index in [4.69, 9.17) is 11.6 Å². The molecule has 0 saturated heterocycles. The van der Waals surface area contributed by atoms with Gasteiger partial charge in [-0.2, -0.15) is 0 Å². The molecule has 0 spiro atoms. The van der Waals surface area contributed by atoms with Gasteiger partial charge in [0.15, 0.2) is 0 Å². The first-order chi connectivity index (χ1) is 9.19. The van der Waals surface area contributed by atoms with Gasteiger partial charge in [-0.1, -0.05) is 50.4 Å². The van der Waals surface area contributed by atoms with E-state index in [0.717, 1.165) is 17.4 Å². The lowest BCUT2D eigenvalue weighted by atomic mass is 10.0. The minimum absolute atomic E-state index is 0.442. The fourth-order valence-corrected chi connectivity index (χ4v) is 3.31. The van der Waals surface area contributed by atoms with Crippen LogP contribution < -0.4 is 5.32 Å². The molecule has 1 aromatic rings. The monoisotopic (exact) mass is 279 g/mol. The molecule has 0 aliphatic heterocycles. The Bertz CT molecular complexity index is 391. The lowest BCUT2D eigenvalue weighted by molar-refractivity contribution is 0.387. The Morgan fingerprint density at radius 3 is 2.84 bits per heavy atom. The zero-order valence-electron chi connectivity index (χ0n) is 12.2. The van der Waals surface area contributed by atoms with Crippen LogP contribution in [0.4, 0.5) is 0 Å². The second-order valence-electron chi connectivity index (χ2n) is 5.99. The largest absolute Gasteiger partial charge is 0.307 e. The van der Waals surface area contributed by atoms with Gasteiger partial charge >= 0.3 is 0 Å². The minimum Gasteiger partial charge on any atom is -0.307 e. The molecule has 1 fully saturated rings. The van der Waals surface area contributed by atoms with E-state index in [0.29, 0.717) is 12.1 Å². The standard InChI is InChI=1S/C17H26ClN/c1-3-17(14-7-5-8-15(18)12-14)19-16-9-4-6-13(2)10-11-16/h5,7-8,12-13,16-17,19H,3-4,6,9-11H2,1-2H3. The Kier molecular flexibility index (Phi) is 5.72. The molecule has 1 aliphatic carbocycles. The fourth-order valence-electron chi connectivity index (χ4n) is 3.11. The number of benzene rings is 1. The summed E-state index contributed by atoms with van der Waals surface area (Å²) in [5.74, 6) is 0.901. The van der Waals surface area contributed by atoms with Crippen LogP contribution in [0.3, 0.4) is 0 Å². The predicted octanol–water partition coefficient (Wildman–Crippen LogP) is 5.35. The smallest absolute Gasteiger partial charge is 0.0409 e. The lowest BCUT2D eigenvalue weighted by Gasteiger charge is -2.24. The van der Waals surface area contributed by atoms with Crippen molar-refractivity contribution in [2.24, 2.45) is 5.92 Å². The third kappa shape index (κ3) is 4.50. The fraction of sp³-hybridized carbons (Fsp3) is 0.647. The maximum Gasteiger partial charge on any atom is 0.0409 e. The molecule has 2 rings (SSSR count). The summed E-state index contributed by atoms with van der Waals surface area (Å²) < 4.78 is 0. The first kappa shape index (κ1) is 14.9. The maximum atomic E-state index is 6.11. The molecule has 0 heterocycles. The summed E-state index contributed by atoms with van der Waals surface area (Å²) in [5.41, 5.74) is 1.33. The van der Waals surface area contributed by atoms with E-state index in [1.165, 1.54) is 37.7 Å². The van der Waals surface area contributed by atoms with Crippen molar-refractivity contribution in [3.05, 3.63) is 34.9 Å². The molecule has 106 valence electrons. The van der Waals surface area contributed by atoms with E-state index in [-0.39, 0.29) is 0 Å². The molecule has 0 amide bonds. The van der Waals surface area contributed by atoms with Crippen LogP contribution in [0.15, 0.2) is 24.3 Å². The van der Waals surface area contributed by atoms with Gasteiger partial charge in [-0.3, -0.25) is 0 Å². The summed E-state index contributed by atoms with van der Waals surface area (Å²) in [4.78, 5) is 0. The highest BCUT2D eigenvalue weighted by atomic mass is 35.5. The van der Waals surface area contributed by atoms with Gasteiger partial charge in [-0.25, -0.2) is 0 Å². The van der Waals surface area contributed by atoms with Crippen molar-refractivity contribution < 1.29 is 0 Å². The van der Waals surface area contributed by atoms with Crippen LogP contribution in [-0.2, 0) is 0 Å². The quantitative estimate of drug-likeness (QED) is 0.733. The second-order valence-corrected chi connectivity index (χ2v) is 6.43. The summed E-state index contributed by atoms with van der Waals surface area (Å²) in [6.45, 7) is 4.63. The van der Waals surface area contributed by atoms with Gasteiger partial charge in [0.1, 0.15) is 0 Å². The first-order valence-electron chi connectivity index (χ1n) is 7.70. The van der Waals surface area contributed by atoms with Crippen molar-refractivity contribution in [3.63, 3.8) is 0 Å². The normalized spacial score (nSPS) is 25.8. The van der Waals surface area contributed by atoms with Crippen molar-refractivity contribution in [2.75, 3.05) is 0 Å². The third-order valence-electron chi connectivity index (χ3n) is 4.35. The summed E-state index contributed by atoms with van der Waals surface area (Å²) in [6.07, 6.45) is 7.88.